The Hall–Kier alpha value is -2.11. The van der Waals surface area contributed by atoms with Crippen LogP contribution in [0.3, 0.4) is 0 Å². The Morgan fingerprint density at radius 3 is 2.68 bits per heavy atom. The van der Waals surface area contributed by atoms with Crippen molar-refractivity contribution in [3.05, 3.63) is 33.7 Å². The van der Waals surface area contributed by atoms with Gasteiger partial charge in [-0.2, -0.15) is 0 Å². The van der Waals surface area contributed by atoms with E-state index in [0.717, 1.165) is 12.8 Å². The van der Waals surface area contributed by atoms with Crippen LogP contribution in [0.5, 0.6) is 0 Å². The number of nitrogens with one attached hydrogen (secondary N) is 2. The van der Waals surface area contributed by atoms with Crippen molar-refractivity contribution in [2.24, 2.45) is 0 Å². The van der Waals surface area contributed by atoms with Gasteiger partial charge in [-0.25, -0.2) is 4.79 Å². The van der Waals surface area contributed by atoms with Crippen molar-refractivity contribution in [3.8, 4) is 0 Å². The van der Waals surface area contributed by atoms with E-state index in [1.807, 2.05) is 6.92 Å². The number of aliphatic carboxylic acids is 1. The van der Waals surface area contributed by atoms with Crippen molar-refractivity contribution >= 4 is 11.9 Å². The molecule has 0 radical (unpaired) electrons. The summed E-state index contributed by atoms with van der Waals surface area (Å²) >= 11 is 0. The SMILES string of the molecule is CCCCC(NC(=O)c1c[nH]c(=O)cc1C)C(=O)O. The van der Waals surface area contributed by atoms with Crippen LogP contribution in [0.1, 0.15) is 42.1 Å². The Labute approximate surface area is 110 Å². The van der Waals surface area contributed by atoms with Gasteiger partial charge in [-0.3, -0.25) is 9.59 Å². The summed E-state index contributed by atoms with van der Waals surface area (Å²) in [5, 5.41) is 11.5. The predicted octanol–water partition coefficient (Wildman–Crippen LogP) is 1.06. The Kier molecular flexibility index (Phi) is 5.29. The molecule has 0 saturated heterocycles. The second-order valence-electron chi connectivity index (χ2n) is 4.40. The van der Waals surface area contributed by atoms with Crippen LogP contribution < -0.4 is 10.9 Å². The van der Waals surface area contributed by atoms with Gasteiger partial charge in [0.1, 0.15) is 6.04 Å². The first-order chi connectivity index (χ1) is 8.95. The summed E-state index contributed by atoms with van der Waals surface area (Å²) in [6.07, 6.45) is 3.27. The molecular weight excluding hydrogens is 248 g/mol. The molecule has 0 aromatic carbocycles. The lowest BCUT2D eigenvalue weighted by molar-refractivity contribution is -0.139. The molecule has 6 heteroatoms. The Morgan fingerprint density at radius 2 is 2.16 bits per heavy atom. The average Bonchev–Trinajstić information content (AvgIpc) is 2.33. The summed E-state index contributed by atoms with van der Waals surface area (Å²) in [5.41, 5.74) is 0.498. The number of carboxylic acids is 1. The number of rotatable bonds is 6. The van der Waals surface area contributed by atoms with Crippen LogP contribution in [0.4, 0.5) is 0 Å². The molecule has 1 aromatic rings. The molecular formula is C13H18N2O4. The summed E-state index contributed by atoms with van der Waals surface area (Å²) in [7, 11) is 0. The minimum atomic E-state index is -1.05. The van der Waals surface area contributed by atoms with Crippen LogP contribution in [-0.4, -0.2) is 28.0 Å². The standard InChI is InChI=1S/C13H18N2O4/c1-3-4-5-10(13(18)19)15-12(17)9-7-14-11(16)6-8(9)2/h6-7,10H,3-5H2,1-2H3,(H,14,16)(H,15,17)(H,18,19). The Balaban J connectivity index is 2.81. The highest BCUT2D eigenvalue weighted by Crippen LogP contribution is 2.06. The third-order valence-corrected chi connectivity index (χ3v) is 2.83. The van der Waals surface area contributed by atoms with Gasteiger partial charge in [-0.05, 0) is 18.9 Å². The van der Waals surface area contributed by atoms with Gasteiger partial charge in [0.25, 0.3) is 5.91 Å². The van der Waals surface area contributed by atoms with Crippen molar-refractivity contribution < 1.29 is 14.7 Å². The fourth-order valence-electron chi connectivity index (χ4n) is 1.72. The van der Waals surface area contributed by atoms with E-state index in [4.69, 9.17) is 5.11 Å². The average molecular weight is 266 g/mol. The first kappa shape index (κ1) is 14.9. The normalized spacial score (nSPS) is 11.9. The molecule has 0 bridgehead atoms. The van der Waals surface area contributed by atoms with Crippen LogP contribution >= 0.6 is 0 Å². The zero-order chi connectivity index (χ0) is 14.4. The van der Waals surface area contributed by atoms with E-state index in [-0.39, 0.29) is 11.1 Å². The molecule has 0 aliphatic rings. The molecule has 3 N–H and O–H groups in total. The number of pyridine rings is 1. The third kappa shape index (κ3) is 4.24. The van der Waals surface area contributed by atoms with Crippen LogP contribution in [0, 0.1) is 6.92 Å². The summed E-state index contributed by atoms with van der Waals surface area (Å²) in [6.45, 7) is 3.58. The number of hydrogen-bond donors (Lipinski definition) is 3. The van der Waals surface area contributed by atoms with E-state index in [1.54, 1.807) is 6.92 Å². The summed E-state index contributed by atoms with van der Waals surface area (Å²) in [4.78, 5) is 36.5. The molecule has 0 aliphatic carbocycles. The molecule has 0 fully saturated rings. The van der Waals surface area contributed by atoms with Crippen molar-refractivity contribution in [2.75, 3.05) is 0 Å². The van der Waals surface area contributed by atoms with E-state index < -0.39 is 17.9 Å². The Bertz CT molecular complexity index is 522. The molecule has 0 spiro atoms. The van der Waals surface area contributed by atoms with E-state index >= 15 is 0 Å². The van der Waals surface area contributed by atoms with Gasteiger partial charge >= 0.3 is 5.97 Å². The molecule has 1 heterocycles. The van der Waals surface area contributed by atoms with E-state index in [1.165, 1.54) is 12.3 Å². The molecule has 0 aliphatic heterocycles. The van der Waals surface area contributed by atoms with Gasteiger partial charge in [0.2, 0.25) is 5.56 Å². The van der Waals surface area contributed by atoms with Gasteiger partial charge in [0, 0.05) is 12.3 Å². The number of aromatic nitrogens is 1. The van der Waals surface area contributed by atoms with E-state index in [0.29, 0.717) is 12.0 Å². The highest BCUT2D eigenvalue weighted by molar-refractivity contribution is 5.97. The van der Waals surface area contributed by atoms with Gasteiger partial charge < -0.3 is 15.4 Å². The summed E-state index contributed by atoms with van der Waals surface area (Å²) in [5.74, 6) is -1.54. The fraction of sp³-hybridized carbons (Fsp3) is 0.462. The first-order valence-electron chi connectivity index (χ1n) is 6.18. The van der Waals surface area contributed by atoms with Gasteiger partial charge in [0.05, 0.1) is 5.56 Å². The number of aromatic amines is 1. The first-order valence-corrected chi connectivity index (χ1v) is 6.18. The lowest BCUT2D eigenvalue weighted by Gasteiger charge is -2.14. The highest BCUT2D eigenvalue weighted by atomic mass is 16.4. The number of amides is 1. The zero-order valence-corrected chi connectivity index (χ0v) is 11.0. The number of carbonyl (C=O) groups is 2. The van der Waals surface area contributed by atoms with Crippen molar-refractivity contribution in [1.82, 2.24) is 10.3 Å². The van der Waals surface area contributed by atoms with Crippen molar-refractivity contribution in [2.45, 2.75) is 39.2 Å². The van der Waals surface area contributed by atoms with Crippen LogP contribution in [0.2, 0.25) is 0 Å². The minimum Gasteiger partial charge on any atom is -0.480 e. The maximum atomic E-state index is 12.0. The number of hydrogen-bond acceptors (Lipinski definition) is 3. The molecule has 1 amide bonds. The molecule has 6 nitrogen and oxygen atoms in total. The molecule has 104 valence electrons. The monoisotopic (exact) mass is 266 g/mol. The molecule has 1 aromatic heterocycles. The minimum absolute atomic E-state index is 0.280. The van der Waals surface area contributed by atoms with Gasteiger partial charge in [0.15, 0.2) is 0 Å². The van der Waals surface area contributed by atoms with Crippen LogP contribution in [0.25, 0.3) is 0 Å². The highest BCUT2D eigenvalue weighted by Gasteiger charge is 2.20. The predicted molar refractivity (Wildman–Crippen MR) is 70.2 cm³/mol. The number of unbranched alkanes of at least 4 members (excludes halogenated alkanes) is 1. The maximum Gasteiger partial charge on any atom is 0.326 e. The van der Waals surface area contributed by atoms with Crippen LogP contribution in [-0.2, 0) is 4.79 Å². The molecule has 1 unspecified atom stereocenters. The number of H-pyrrole nitrogens is 1. The number of aryl methyl sites for hydroxylation is 1. The smallest absolute Gasteiger partial charge is 0.326 e. The number of carboxylic acid groups (broad SMARTS) is 1. The molecule has 1 atom stereocenters. The quantitative estimate of drug-likeness (QED) is 0.716. The Morgan fingerprint density at radius 1 is 1.47 bits per heavy atom. The molecule has 0 saturated carbocycles. The van der Waals surface area contributed by atoms with E-state index in [9.17, 15) is 14.4 Å². The number of carbonyl (C=O) groups excluding carboxylic acids is 1. The topological polar surface area (TPSA) is 99.3 Å². The lowest BCUT2D eigenvalue weighted by Crippen LogP contribution is -2.41. The zero-order valence-electron chi connectivity index (χ0n) is 11.0. The fourth-order valence-corrected chi connectivity index (χ4v) is 1.72. The second kappa shape index (κ2) is 6.72. The summed E-state index contributed by atoms with van der Waals surface area (Å²) < 4.78 is 0. The van der Waals surface area contributed by atoms with Crippen LogP contribution in [0.15, 0.2) is 17.1 Å². The third-order valence-electron chi connectivity index (χ3n) is 2.83. The second-order valence-corrected chi connectivity index (χ2v) is 4.40. The van der Waals surface area contributed by atoms with Gasteiger partial charge in [-0.15, -0.1) is 0 Å². The van der Waals surface area contributed by atoms with E-state index in [2.05, 4.69) is 10.3 Å². The molecule has 1 rings (SSSR count). The summed E-state index contributed by atoms with van der Waals surface area (Å²) in [6, 6.07) is 0.398. The van der Waals surface area contributed by atoms with Crippen molar-refractivity contribution in [3.63, 3.8) is 0 Å². The van der Waals surface area contributed by atoms with Crippen molar-refractivity contribution in [1.29, 1.82) is 0 Å². The maximum absolute atomic E-state index is 12.0. The largest absolute Gasteiger partial charge is 0.480 e. The van der Waals surface area contributed by atoms with Gasteiger partial charge in [-0.1, -0.05) is 19.8 Å². The molecule has 19 heavy (non-hydrogen) atoms. The lowest BCUT2D eigenvalue weighted by atomic mass is 10.1.